The summed E-state index contributed by atoms with van der Waals surface area (Å²) >= 11 is 0. The molecular formula is C12H13N3O. The van der Waals surface area contributed by atoms with Gasteiger partial charge in [-0.2, -0.15) is 5.26 Å². The van der Waals surface area contributed by atoms with Crippen molar-refractivity contribution in [2.45, 2.75) is 26.2 Å². The highest BCUT2D eigenvalue weighted by atomic mass is 16.2. The fraction of sp³-hybridized carbons (Fsp3) is 0.417. The predicted molar refractivity (Wildman–Crippen MR) is 59.5 cm³/mol. The van der Waals surface area contributed by atoms with Crippen molar-refractivity contribution in [3.05, 3.63) is 24.0 Å². The molecular weight excluding hydrogens is 202 g/mol. The Morgan fingerprint density at radius 3 is 2.88 bits per heavy atom. The maximum atomic E-state index is 11.9. The molecule has 0 aliphatic heterocycles. The Balaban J connectivity index is 2.11. The van der Waals surface area contributed by atoms with Crippen molar-refractivity contribution in [3.8, 4) is 6.07 Å². The minimum Gasteiger partial charge on any atom is -0.325 e. The largest absolute Gasteiger partial charge is 0.325 e. The van der Waals surface area contributed by atoms with Crippen LogP contribution in [0.3, 0.4) is 0 Å². The number of aryl methyl sites for hydroxylation is 1. The predicted octanol–water partition coefficient (Wildman–Crippen LogP) is 2.02. The topological polar surface area (TPSA) is 65.8 Å². The Morgan fingerprint density at radius 2 is 2.38 bits per heavy atom. The van der Waals surface area contributed by atoms with Crippen LogP contribution >= 0.6 is 0 Å². The van der Waals surface area contributed by atoms with Crippen LogP contribution in [-0.2, 0) is 4.79 Å². The standard InChI is InChI=1S/C12H13N3O/c1-9-7-10(3-6-14-9)15-11(16)12(8-13)4-2-5-12/h3,6-7H,2,4-5H2,1H3,(H,14,15,16). The Bertz CT molecular complexity index is 458. The van der Waals surface area contributed by atoms with Crippen molar-refractivity contribution in [2.75, 3.05) is 5.32 Å². The molecule has 82 valence electrons. The van der Waals surface area contributed by atoms with Gasteiger partial charge in [0.15, 0.2) is 0 Å². The van der Waals surface area contributed by atoms with Gasteiger partial charge in [-0.1, -0.05) is 0 Å². The van der Waals surface area contributed by atoms with Crippen LogP contribution in [0.15, 0.2) is 18.3 Å². The Morgan fingerprint density at radius 1 is 1.62 bits per heavy atom. The molecule has 4 heteroatoms. The van der Waals surface area contributed by atoms with Crippen LogP contribution < -0.4 is 5.32 Å². The fourth-order valence-electron chi connectivity index (χ4n) is 1.79. The summed E-state index contributed by atoms with van der Waals surface area (Å²) in [6.45, 7) is 1.86. The molecule has 1 aromatic rings. The van der Waals surface area contributed by atoms with Crippen LogP contribution in [0.25, 0.3) is 0 Å². The van der Waals surface area contributed by atoms with Crippen LogP contribution in [0, 0.1) is 23.7 Å². The molecule has 1 amide bonds. The molecule has 0 unspecified atom stereocenters. The quantitative estimate of drug-likeness (QED) is 0.820. The molecule has 1 heterocycles. The molecule has 16 heavy (non-hydrogen) atoms. The van der Waals surface area contributed by atoms with E-state index in [1.807, 2.05) is 6.92 Å². The molecule has 4 nitrogen and oxygen atoms in total. The van der Waals surface area contributed by atoms with E-state index in [0.29, 0.717) is 18.5 Å². The van der Waals surface area contributed by atoms with Gasteiger partial charge in [0.05, 0.1) is 6.07 Å². The molecule has 1 aliphatic carbocycles. The van der Waals surface area contributed by atoms with Gasteiger partial charge in [-0.3, -0.25) is 9.78 Å². The number of carbonyl (C=O) groups is 1. The lowest BCUT2D eigenvalue weighted by atomic mass is 9.69. The zero-order valence-corrected chi connectivity index (χ0v) is 9.16. The van der Waals surface area contributed by atoms with Crippen LogP contribution in [0.5, 0.6) is 0 Å². The van der Waals surface area contributed by atoms with Crippen LogP contribution in [0.1, 0.15) is 25.0 Å². The van der Waals surface area contributed by atoms with Crippen LogP contribution in [0.4, 0.5) is 5.69 Å². The lowest BCUT2D eigenvalue weighted by Gasteiger charge is -2.33. The minimum absolute atomic E-state index is 0.188. The number of nitrogens with one attached hydrogen (secondary N) is 1. The third kappa shape index (κ3) is 1.76. The lowest BCUT2D eigenvalue weighted by Crippen LogP contribution is -2.40. The highest BCUT2D eigenvalue weighted by molar-refractivity contribution is 5.97. The van der Waals surface area contributed by atoms with Gasteiger partial charge >= 0.3 is 0 Å². The second-order valence-electron chi connectivity index (χ2n) is 4.19. The molecule has 1 fully saturated rings. The normalized spacial score (nSPS) is 17.0. The van der Waals surface area contributed by atoms with Crippen molar-refractivity contribution in [1.29, 1.82) is 5.26 Å². The first-order valence-corrected chi connectivity index (χ1v) is 5.32. The van der Waals surface area contributed by atoms with E-state index in [0.717, 1.165) is 12.1 Å². The number of rotatable bonds is 2. The van der Waals surface area contributed by atoms with Gasteiger partial charge in [0.2, 0.25) is 5.91 Å². The molecule has 1 aliphatic rings. The van der Waals surface area contributed by atoms with Gasteiger partial charge < -0.3 is 5.32 Å². The van der Waals surface area contributed by atoms with Crippen LogP contribution in [0.2, 0.25) is 0 Å². The van der Waals surface area contributed by atoms with Gasteiger partial charge in [-0.15, -0.1) is 0 Å². The number of pyridine rings is 1. The summed E-state index contributed by atoms with van der Waals surface area (Å²) in [5, 5.41) is 11.8. The van der Waals surface area contributed by atoms with E-state index >= 15 is 0 Å². The fourth-order valence-corrected chi connectivity index (χ4v) is 1.79. The third-order valence-electron chi connectivity index (χ3n) is 3.01. The van der Waals surface area contributed by atoms with E-state index in [4.69, 9.17) is 5.26 Å². The number of nitriles is 1. The van der Waals surface area contributed by atoms with Gasteiger partial charge in [0, 0.05) is 17.6 Å². The summed E-state index contributed by atoms with van der Waals surface area (Å²) in [5.74, 6) is -0.188. The van der Waals surface area contributed by atoms with Gasteiger partial charge in [0.1, 0.15) is 5.41 Å². The van der Waals surface area contributed by atoms with E-state index in [9.17, 15) is 4.79 Å². The summed E-state index contributed by atoms with van der Waals surface area (Å²) in [6.07, 6.45) is 3.93. The molecule has 1 aromatic heterocycles. The van der Waals surface area contributed by atoms with Crippen molar-refractivity contribution < 1.29 is 4.79 Å². The Hall–Kier alpha value is -1.89. The van der Waals surface area contributed by atoms with Gasteiger partial charge in [-0.05, 0) is 38.3 Å². The third-order valence-corrected chi connectivity index (χ3v) is 3.01. The van der Waals surface area contributed by atoms with E-state index in [-0.39, 0.29) is 5.91 Å². The molecule has 0 atom stereocenters. The van der Waals surface area contributed by atoms with Crippen LogP contribution in [-0.4, -0.2) is 10.9 Å². The average molecular weight is 215 g/mol. The summed E-state index contributed by atoms with van der Waals surface area (Å²) in [4.78, 5) is 16.0. The molecule has 2 rings (SSSR count). The van der Waals surface area contributed by atoms with E-state index in [1.54, 1.807) is 18.3 Å². The Labute approximate surface area is 94.3 Å². The molecule has 0 bridgehead atoms. The number of carbonyl (C=O) groups excluding carboxylic acids is 1. The van der Waals surface area contributed by atoms with Crippen molar-refractivity contribution >= 4 is 11.6 Å². The van der Waals surface area contributed by atoms with Gasteiger partial charge in [-0.25, -0.2) is 0 Å². The molecule has 1 N–H and O–H groups in total. The highest BCUT2D eigenvalue weighted by Crippen LogP contribution is 2.41. The zero-order valence-electron chi connectivity index (χ0n) is 9.16. The molecule has 0 aromatic carbocycles. The van der Waals surface area contributed by atoms with Crippen molar-refractivity contribution in [1.82, 2.24) is 4.98 Å². The van der Waals surface area contributed by atoms with E-state index < -0.39 is 5.41 Å². The summed E-state index contributed by atoms with van der Waals surface area (Å²) < 4.78 is 0. The minimum atomic E-state index is -0.794. The number of hydrogen-bond donors (Lipinski definition) is 1. The van der Waals surface area contributed by atoms with Gasteiger partial charge in [0.25, 0.3) is 0 Å². The maximum absolute atomic E-state index is 11.9. The first-order chi connectivity index (χ1) is 7.66. The first-order valence-electron chi connectivity index (χ1n) is 5.32. The first kappa shape index (κ1) is 10.6. The zero-order chi connectivity index (χ0) is 11.6. The highest BCUT2D eigenvalue weighted by Gasteiger charge is 2.44. The molecule has 0 saturated heterocycles. The molecule has 1 saturated carbocycles. The average Bonchev–Trinajstić information content (AvgIpc) is 2.16. The monoisotopic (exact) mass is 215 g/mol. The van der Waals surface area contributed by atoms with Crippen molar-refractivity contribution in [3.63, 3.8) is 0 Å². The SMILES string of the molecule is Cc1cc(NC(=O)C2(C#N)CCC2)ccn1. The smallest absolute Gasteiger partial charge is 0.244 e. The number of anilines is 1. The summed E-state index contributed by atoms with van der Waals surface area (Å²) in [6, 6.07) is 5.65. The molecule has 0 radical (unpaired) electrons. The molecule has 0 spiro atoms. The second kappa shape index (κ2) is 3.93. The second-order valence-corrected chi connectivity index (χ2v) is 4.19. The maximum Gasteiger partial charge on any atom is 0.244 e. The Kier molecular flexibility index (Phi) is 2.61. The number of aromatic nitrogens is 1. The summed E-state index contributed by atoms with van der Waals surface area (Å²) in [5.41, 5.74) is 0.758. The lowest BCUT2D eigenvalue weighted by molar-refractivity contribution is -0.126. The number of nitrogens with zero attached hydrogens (tertiary/aromatic N) is 2. The van der Waals surface area contributed by atoms with E-state index in [1.165, 1.54) is 0 Å². The number of amides is 1. The van der Waals surface area contributed by atoms with E-state index in [2.05, 4.69) is 16.4 Å². The summed E-state index contributed by atoms with van der Waals surface area (Å²) in [7, 11) is 0. The van der Waals surface area contributed by atoms with Crippen molar-refractivity contribution in [2.24, 2.45) is 5.41 Å². The number of hydrogen-bond acceptors (Lipinski definition) is 3.